The topological polar surface area (TPSA) is 78.4 Å². The summed E-state index contributed by atoms with van der Waals surface area (Å²) in [5, 5.41) is 11.8. The summed E-state index contributed by atoms with van der Waals surface area (Å²) in [7, 11) is 0. The van der Waals surface area contributed by atoms with E-state index in [1.165, 1.54) is 0 Å². The van der Waals surface area contributed by atoms with E-state index >= 15 is 0 Å². The molecule has 130 valence electrons. The number of hydrogen-bond acceptors (Lipinski definition) is 4. The van der Waals surface area contributed by atoms with Crippen LogP contribution in [0.2, 0.25) is 0 Å². The molecule has 0 saturated heterocycles. The molecule has 5 nitrogen and oxygen atoms in total. The number of carbonyl (C=O) groups is 2. The summed E-state index contributed by atoms with van der Waals surface area (Å²) < 4.78 is 0. The molecule has 0 unspecified atom stereocenters. The van der Waals surface area contributed by atoms with Crippen LogP contribution < -0.4 is 10.8 Å². The van der Waals surface area contributed by atoms with E-state index in [9.17, 15) is 9.59 Å². The second-order valence-electron chi connectivity index (χ2n) is 5.50. The molecule has 3 aromatic carbocycles. The summed E-state index contributed by atoms with van der Waals surface area (Å²) in [4.78, 5) is 25.4. The fourth-order valence-electron chi connectivity index (χ4n) is 2.66. The number of para-hydroxylation sites is 1. The molecule has 26 heavy (non-hydrogen) atoms. The molecule has 0 aliphatic carbocycles. The van der Waals surface area contributed by atoms with E-state index in [4.69, 9.17) is 5.21 Å². The number of hydrogen-bond donors (Lipinski definition) is 4. The molecule has 3 aromatic rings. The molecule has 0 atom stereocenters. The van der Waals surface area contributed by atoms with Crippen molar-refractivity contribution in [2.75, 3.05) is 5.32 Å². The first-order chi connectivity index (χ1) is 12.6. The second-order valence-corrected chi connectivity index (χ2v) is 5.99. The van der Waals surface area contributed by atoms with Gasteiger partial charge in [0.05, 0.1) is 5.69 Å². The SMILES string of the molecule is O=C(NO)c1ccccc1-c1ccccc1C(=O)Nc1ccccc1S. The number of amides is 2. The Kier molecular flexibility index (Phi) is 5.36. The van der Waals surface area contributed by atoms with Crippen LogP contribution in [-0.4, -0.2) is 17.0 Å². The highest BCUT2D eigenvalue weighted by Gasteiger charge is 2.18. The Hall–Kier alpha value is -3.09. The fourth-order valence-corrected chi connectivity index (χ4v) is 2.88. The Morgan fingerprint density at radius 2 is 1.23 bits per heavy atom. The minimum atomic E-state index is -0.642. The summed E-state index contributed by atoms with van der Waals surface area (Å²) in [5.74, 6) is -0.960. The van der Waals surface area contributed by atoms with E-state index in [1.54, 1.807) is 66.1 Å². The quantitative estimate of drug-likeness (QED) is 0.321. The lowest BCUT2D eigenvalue weighted by Crippen LogP contribution is -2.20. The molecule has 0 aliphatic heterocycles. The molecule has 0 radical (unpaired) electrons. The lowest BCUT2D eigenvalue weighted by atomic mass is 9.94. The molecule has 0 heterocycles. The Balaban J connectivity index is 2.04. The molecule has 0 spiro atoms. The highest BCUT2D eigenvalue weighted by Crippen LogP contribution is 2.28. The van der Waals surface area contributed by atoms with Crippen LogP contribution in [0.15, 0.2) is 77.7 Å². The number of hydroxylamine groups is 1. The maximum atomic E-state index is 12.8. The third-order valence-corrected chi connectivity index (χ3v) is 4.28. The van der Waals surface area contributed by atoms with Gasteiger partial charge in [0.2, 0.25) is 0 Å². The third kappa shape index (κ3) is 3.61. The first-order valence-corrected chi connectivity index (χ1v) is 8.28. The van der Waals surface area contributed by atoms with Gasteiger partial charge in [-0.15, -0.1) is 12.6 Å². The minimum absolute atomic E-state index is 0.268. The Morgan fingerprint density at radius 3 is 1.81 bits per heavy atom. The van der Waals surface area contributed by atoms with Crippen molar-refractivity contribution in [3.8, 4) is 11.1 Å². The Morgan fingerprint density at radius 1 is 0.731 bits per heavy atom. The van der Waals surface area contributed by atoms with E-state index in [2.05, 4.69) is 17.9 Å². The highest BCUT2D eigenvalue weighted by molar-refractivity contribution is 7.80. The molecular formula is C20H16N2O3S. The molecule has 0 aliphatic rings. The van der Waals surface area contributed by atoms with Gasteiger partial charge in [0.25, 0.3) is 11.8 Å². The lowest BCUT2D eigenvalue weighted by molar-refractivity contribution is 0.0707. The first kappa shape index (κ1) is 17.7. The average molecular weight is 364 g/mol. The van der Waals surface area contributed by atoms with Crippen LogP contribution >= 0.6 is 12.6 Å². The second kappa shape index (κ2) is 7.86. The van der Waals surface area contributed by atoms with Gasteiger partial charge in [-0.2, -0.15) is 0 Å². The van der Waals surface area contributed by atoms with Crippen LogP contribution in [0.25, 0.3) is 11.1 Å². The predicted octanol–water partition coefficient (Wildman–Crippen LogP) is 4.01. The summed E-state index contributed by atoms with van der Waals surface area (Å²) in [6, 6.07) is 20.9. The summed E-state index contributed by atoms with van der Waals surface area (Å²) in [6.45, 7) is 0. The van der Waals surface area contributed by atoms with Gasteiger partial charge in [-0.05, 0) is 35.4 Å². The number of nitrogens with one attached hydrogen (secondary N) is 2. The molecule has 2 amide bonds. The van der Waals surface area contributed by atoms with Crippen LogP contribution in [-0.2, 0) is 0 Å². The van der Waals surface area contributed by atoms with Crippen molar-refractivity contribution in [2.45, 2.75) is 4.90 Å². The van der Waals surface area contributed by atoms with Crippen molar-refractivity contribution >= 4 is 30.1 Å². The zero-order valence-corrected chi connectivity index (χ0v) is 14.5. The van der Waals surface area contributed by atoms with Gasteiger partial charge in [-0.1, -0.05) is 48.5 Å². The van der Waals surface area contributed by atoms with E-state index in [-0.39, 0.29) is 11.5 Å². The minimum Gasteiger partial charge on any atom is -0.321 e. The van der Waals surface area contributed by atoms with Gasteiger partial charge in [0, 0.05) is 16.0 Å². The normalized spacial score (nSPS) is 10.2. The van der Waals surface area contributed by atoms with Gasteiger partial charge in [0.15, 0.2) is 0 Å². The van der Waals surface area contributed by atoms with Crippen LogP contribution in [0.4, 0.5) is 5.69 Å². The zero-order valence-electron chi connectivity index (χ0n) is 13.6. The van der Waals surface area contributed by atoms with Crippen LogP contribution in [0, 0.1) is 0 Å². The maximum absolute atomic E-state index is 12.8. The van der Waals surface area contributed by atoms with Crippen molar-refractivity contribution in [3.05, 3.63) is 83.9 Å². The van der Waals surface area contributed by atoms with Crippen molar-refractivity contribution in [3.63, 3.8) is 0 Å². The van der Waals surface area contributed by atoms with Gasteiger partial charge in [0.1, 0.15) is 0 Å². The average Bonchev–Trinajstić information content (AvgIpc) is 2.69. The number of benzene rings is 3. The fraction of sp³-hybridized carbons (Fsp3) is 0. The molecule has 0 saturated carbocycles. The molecule has 6 heteroatoms. The van der Waals surface area contributed by atoms with E-state index < -0.39 is 5.91 Å². The first-order valence-electron chi connectivity index (χ1n) is 7.84. The van der Waals surface area contributed by atoms with Crippen molar-refractivity contribution in [2.24, 2.45) is 0 Å². The van der Waals surface area contributed by atoms with Crippen LogP contribution in [0.3, 0.4) is 0 Å². The summed E-state index contributed by atoms with van der Waals surface area (Å²) in [6.07, 6.45) is 0. The van der Waals surface area contributed by atoms with Crippen LogP contribution in [0.5, 0.6) is 0 Å². The smallest absolute Gasteiger partial charge is 0.275 e. The Bertz CT molecular complexity index is 973. The van der Waals surface area contributed by atoms with Crippen LogP contribution in [0.1, 0.15) is 20.7 Å². The molecular weight excluding hydrogens is 348 g/mol. The Labute approximate surface area is 156 Å². The lowest BCUT2D eigenvalue weighted by Gasteiger charge is -2.14. The number of anilines is 1. The van der Waals surface area contributed by atoms with Gasteiger partial charge < -0.3 is 5.32 Å². The van der Waals surface area contributed by atoms with Crippen molar-refractivity contribution in [1.82, 2.24) is 5.48 Å². The van der Waals surface area contributed by atoms with Crippen molar-refractivity contribution < 1.29 is 14.8 Å². The van der Waals surface area contributed by atoms with E-state index in [0.29, 0.717) is 27.3 Å². The summed E-state index contributed by atoms with van der Waals surface area (Å²) in [5.41, 5.74) is 4.03. The maximum Gasteiger partial charge on any atom is 0.275 e. The number of carbonyl (C=O) groups excluding carboxylic acids is 2. The van der Waals surface area contributed by atoms with Gasteiger partial charge in [-0.25, -0.2) is 5.48 Å². The molecule has 0 aromatic heterocycles. The summed E-state index contributed by atoms with van der Waals surface area (Å²) >= 11 is 4.34. The molecule has 0 bridgehead atoms. The third-order valence-electron chi connectivity index (χ3n) is 3.89. The van der Waals surface area contributed by atoms with E-state index in [1.807, 2.05) is 12.1 Å². The number of rotatable bonds is 4. The van der Waals surface area contributed by atoms with Gasteiger partial charge >= 0.3 is 0 Å². The number of thiol groups is 1. The highest BCUT2D eigenvalue weighted by atomic mass is 32.1. The molecule has 3 N–H and O–H groups in total. The molecule has 0 fully saturated rings. The predicted molar refractivity (Wildman–Crippen MR) is 103 cm³/mol. The van der Waals surface area contributed by atoms with Gasteiger partial charge in [-0.3, -0.25) is 14.8 Å². The van der Waals surface area contributed by atoms with E-state index in [0.717, 1.165) is 0 Å². The standard InChI is InChI=1S/C20H16N2O3S/c23-19(21-17-11-5-6-12-18(17)26)15-9-3-1-7-13(15)14-8-2-4-10-16(14)20(24)22-25/h1-12,25-26H,(H,21,23)(H,22,24). The van der Waals surface area contributed by atoms with Crippen molar-refractivity contribution in [1.29, 1.82) is 0 Å². The monoisotopic (exact) mass is 364 g/mol. The zero-order chi connectivity index (χ0) is 18.5. The molecule has 3 rings (SSSR count). The largest absolute Gasteiger partial charge is 0.321 e.